The van der Waals surface area contributed by atoms with E-state index in [0.717, 1.165) is 0 Å². The first kappa shape index (κ1) is 8.73. The van der Waals surface area contributed by atoms with Crippen LogP contribution >= 0.6 is 0 Å². The van der Waals surface area contributed by atoms with Gasteiger partial charge in [-0.2, -0.15) is 0 Å². The fourth-order valence-electron chi connectivity index (χ4n) is 0.934. The van der Waals surface area contributed by atoms with Gasteiger partial charge in [-0.15, -0.1) is 0 Å². The summed E-state index contributed by atoms with van der Waals surface area (Å²) in [7, 11) is 0. The lowest BCUT2D eigenvalue weighted by molar-refractivity contribution is -0.120. The van der Waals surface area contributed by atoms with Crippen molar-refractivity contribution in [1.82, 2.24) is 9.55 Å². The molecule has 0 saturated heterocycles. The highest BCUT2D eigenvalue weighted by molar-refractivity contribution is 5.80. The molecule has 4 N–H and O–H groups in total. The van der Waals surface area contributed by atoms with Crippen LogP contribution in [0, 0.1) is 0 Å². The maximum atomic E-state index is 10.7. The number of carbonyl (C=O) groups is 1. The van der Waals surface area contributed by atoms with Crippen LogP contribution in [-0.4, -0.2) is 21.5 Å². The number of amides is 1. The highest BCUT2D eigenvalue weighted by Gasteiger charge is 2.18. The minimum atomic E-state index is -0.667. The van der Waals surface area contributed by atoms with E-state index in [1.54, 1.807) is 23.3 Å². The fraction of sp³-hybridized carbons (Fsp3) is 0.429. The zero-order chi connectivity index (χ0) is 9.14. The first-order valence-corrected chi connectivity index (χ1v) is 3.65. The minimum absolute atomic E-state index is 0.148. The summed E-state index contributed by atoms with van der Waals surface area (Å²) in [6, 6.07) is -0.816. The van der Waals surface area contributed by atoms with Crippen LogP contribution in [0.1, 0.15) is 13.0 Å². The lowest BCUT2D eigenvalue weighted by Gasteiger charge is -2.17. The lowest BCUT2D eigenvalue weighted by atomic mass is 10.1. The molecule has 0 spiro atoms. The van der Waals surface area contributed by atoms with E-state index < -0.39 is 11.9 Å². The van der Waals surface area contributed by atoms with Crippen molar-refractivity contribution in [2.45, 2.75) is 19.0 Å². The summed E-state index contributed by atoms with van der Waals surface area (Å²) in [5, 5.41) is 0. The van der Waals surface area contributed by atoms with Gasteiger partial charge in [0.2, 0.25) is 5.91 Å². The molecule has 0 bridgehead atoms. The molecule has 12 heavy (non-hydrogen) atoms. The summed E-state index contributed by atoms with van der Waals surface area (Å²) in [5.41, 5.74) is 10.6. The third-order valence-electron chi connectivity index (χ3n) is 1.84. The van der Waals surface area contributed by atoms with Crippen LogP contribution in [0.4, 0.5) is 0 Å². The van der Waals surface area contributed by atoms with Gasteiger partial charge in [0.05, 0.1) is 12.4 Å². The molecule has 5 heteroatoms. The number of carbonyl (C=O) groups excluding carboxylic acids is 1. The van der Waals surface area contributed by atoms with E-state index in [-0.39, 0.29) is 6.04 Å². The Morgan fingerprint density at radius 3 is 2.75 bits per heavy atom. The molecule has 0 fully saturated rings. The summed E-state index contributed by atoms with van der Waals surface area (Å²) in [6.45, 7) is 1.82. The summed E-state index contributed by atoms with van der Waals surface area (Å²) in [5.74, 6) is -0.504. The number of nitrogens with zero attached hydrogens (tertiary/aromatic N) is 2. The Bertz CT molecular complexity index is 256. The average Bonchev–Trinajstić information content (AvgIpc) is 2.53. The van der Waals surface area contributed by atoms with Gasteiger partial charge < -0.3 is 16.0 Å². The van der Waals surface area contributed by atoms with E-state index >= 15 is 0 Å². The summed E-state index contributed by atoms with van der Waals surface area (Å²) in [4.78, 5) is 14.5. The van der Waals surface area contributed by atoms with Gasteiger partial charge in [-0.3, -0.25) is 4.79 Å². The van der Waals surface area contributed by atoms with Crippen LogP contribution in [0.25, 0.3) is 0 Å². The number of imidazole rings is 1. The van der Waals surface area contributed by atoms with E-state index in [4.69, 9.17) is 11.5 Å². The second-order valence-corrected chi connectivity index (χ2v) is 2.68. The van der Waals surface area contributed by atoms with Crippen molar-refractivity contribution in [3.63, 3.8) is 0 Å². The van der Waals surface area contributed by atoms with Gasteiger partial charge in [0.1, 0.15) is 6.04 Å². The molecular weight excluding hydrogens is 156 g/mol. The highest BCUT2D eigenvalue weighted by atomic mass is 16.1. The predicted octanol–water partition coefficient (Wildman–Crippen LogP) is -0.743. The van der Waals surface area contributed by atoms with Crippen LogP contribution in [0.15, 0.2) is 18.7 Å². The van der Waals surface area contributed by atoms with Gasteiger partial charge in [0.25, 0.3) is 0 Å². The Balaban J connectivity index is 2.71. The van der Waals surface area contributed by atoms with Gasteiger partial charge in [-0.25, -0.2) is 4.98 Å². The SMILES string of the molecule is CC(C(N)C(N)=O)n1ccnc1. The van der Waals surface area contributed by atoms with Gasteiger partial charge in [0, 0.05) is 12.4 Å². The number of hydrogen-bond donors (Lipinski definition) is 2. The summed E-state index contributed by atoms with van der Waals surface area (Å²) >= 11 is 0. The van der Waals surface area contributed by atoms with Crippen LogP contribution < -0.4 is 11.5 Å². The third-order valence-corrected chi connectivity index (χ3v) is 1.84. The summed E-state index contributed by atoms with van der Waals surface area (Å²) < 4.78 is 1.75. The fourth-order valence-corrected chi connectivity index (χ4v) is 0.934. The van der Waals surface area contributed by atoms with Crippen molar-refractivity contribution in [3.05, 3.63) is 18.7 Å². The van der Waals surface area contributed by atoms with Crippen molar-refractivity contribution in [2.75, 3.05) is 0 Å². The minimum Gasteiger partial charge on any atom is -0.368 e. The Kier molecular flexibility index (Phi) is 2.44. The molecule has 0 saturated carbocycles. The average molecular weight is 168 g/mol. The zero-order valence-electron chi connectivity index (χ0n) is 6.84. The van der Waals surface area contributed by atoms with Crippen molar-refractivity contribution in [3.8, 4) is 0 Å². The number of rotatable bonds is 3. The van der Waals surface area contributed by atoms with Crippen molar-refractivity contribution < 1.29 is 4.79 Å². The van der Waals surface area contributed by atoms with Crippen molar-refractivity contribution in [2.24, 2.45) is 11.5 Å². The molecule has 1 aromatic rings. The largest absolute Gasteiger partial charge is 0.368 e. The van der Waals surface area contributed by atoms with Crippen LogP contribution in [0.2, 0.25) is 0 Å². The monoisotopic (exact) mass is 168 g/mol. The Morgan fingerprint density at radius 2 is 2.33 bits per heavy atom. The first-order valence-electron chi connectivity index (χ1n) is 3.65. The Hall–Kier alpha value is -1.36. The van der Waals surface area contributed by atoms with Gasteiger partial charge in [-0.1, -0.05) is 0 Å². The molecule has 1 amide bonds. The molecule has 0 aromatic carbocycles. The molecule has 0 aliphatic heterocycles. The standard InChI is InChI=1S/C7H12N4O/c1-5(6(8)7(9)12)11-3-2-10-4-11/h2-6H,8H2,1H3,(H2,9,12). The molecule has 0 aliphatic carbocycles. The molecule has 2 atom stereocenters. The van der Waals surface area contributed by atoms with Crippen LogP contribution in [0.5, 0.6) is 0 Å². The first-order chi connectivity index (χ1) is 5.63. The maximum Gasteiger partial charge on any atom is 0.236 e. The molecule has 5 nitrogen and oxygen atoms in total. The van der Waals surface area contributed by atoms with E-state index in [0.29, 0.717) is 0 Å². The number of nitrogens with two attached hydrogens (primary N) is 2. The summed E-state index contributed by atoms with van der Waals surface area (Å²) in [6.07, 6.45) is 4.98. The number of primary amides is 1. The molecule has 0 radical (unpaired) electrons. The smallest absolute Gasteiger partial charge is 0.236 e. The molecule has 66 valence electrons. The maximum absolute atomic E-state index is 10.7. The molecule has 1 rings (SSSR count). The molecule has 1 aromatic heterocycles. The number of hydrogen-bond acceptors (Lipinski definition) is 3. The molecule has 0 aliphatic rings. The third kappa shape index (κ3) is 1.62. The quantitative estimate of drug-likeness (QED) is 0.623. The van der Waals surface area contributed by atoms with Crippen molar-refractivity contribution >= 4 is 5.91 Å². The van der Waals surface area contributed by atoms with Crippen LogP contribution in [-0.2, 0) is 4.79 Å². The van der Waals surface area contributed by atoms with Gasteiger partial charge in [0.15, 0.2) is 0 Å². The number of aromatic nitrogens is 2. The van der Waals surface area contributed by atoms with E-state index in [1.165, 1.54) is 0 Å². The normalized spacial score (nSPS) is 15.5. The van der Waals surface area contributed by atoms with Gasteiger partial charge in [-0.05, 0) is 6.92 Å². The topological polar surface area (TPSA) is 86.9 Å². The molecule has 1 heterocycles. The van der Waals surface area contributed by atoms with E-state index in [1.807, 2.05) is 6.92 Å². The Morgan fingerprint density at radius 1 is 1.67 bits per heavy atom. The molecule has 2 unspecified atom stereocenters. The lowest BCUT2D eigenvalue weighted by Crippen LogP contribution is -2.42. The van der Waals surface area contributed by atoms with E-state index in [9.17, 15) is 4.79 Å². The Labute approximate surface area is 70.4 Å². The van der Waals surface area contributed by atoms with E-state index in [2.05, 4.69) is 4.98 Å². The second-order valence-electron chi connectivity index (χ2n) is 2.68. The molecular formula is C7H12N4O. The zero-order valence-corrected chi connectivity index (χ0v) is 6.84. The highest BCUT2D eigenvalue weighted by Crippen LogP contribution is 2.07. The predicted molar refractivity (Wildman–Crippen MR) is 44.1 cm³/mol. The second kappa shape index (κ2) is 3.36. The van der Waals surface area contributed by atoms with Crippen molar-refractivity contribution in [1.29, 1.82) is 0 Å². The van der Waals surface area contributed by atoms with Gasteiger partial charge >= 0.3 is 0 Å². The van der Waals surface area contributed by atoms with Crippen LogP contribution in [0.3, 0.4) is 0 Å².